The highest BCUT2D eigenvalue weighted by molar-refractivity contribution is 6.36. The molecule has 0 saturated carbocycles. The highest BCUT2D eigenvalue weighted by Gasteiger charge is 2.23. The van der Waals surface area contributed by atoms with Crippen molar-refractivity contribution in [3.63, 3.8) is 0 Å². The third-order valence-corrected chi connectivity index (χ3v) is 3.10. The quantitative estimate of drug-likeness (QED) is 0.779. The minimum absolute atomic E-state index is 0.292. The van der Waals surface area contributed by atoms with Crippen LogP contribution in [0.1, 0.15) is 10.4 Å². The van der Waals surface area contributed by atoms with Crippen molar-refractivity contribution in [2.24, 2.45) is 0 Å². The SMILES string of the molecule is O=C1Nc2ccccc2Oc2c(Cl)cc(Cl)cc21. The van der Waals surface area contributed by atoms with Crippen LogP contribution >= 0.6 is 23.2 Å². The topological polar surface area (TPSA) is 38.3 Å². The van der Waals surface area contributed by atoms with E-state index in [0.717, 1.165) is 0 Å². The van der Waals surface area contributed by atoms with E-state index in [0.29, 0.717) is 32.8 Å². The first-order chi connectivity index (χ1) is 8.65. The minimum atomic E-state index is -0.292. The first-order valence-electron chi connectivity index (χ1n) is 5.22. The van der Waals surface area contributed by atoms with E-state index in [1.807, 2.05) is 12.1 Å². The summed E-state index contributed by atoms with van der Waals surface area (Å²) in [5.74, 6) is 0.580. The van der Waals surface area contributed by atoms with Crippen LogP contribution in [0.25, 0.3) is 0 Å². The number of anilines is 1. The minimum Gasteiger partial charge on any atom is -0.453 e. The lowest BCUT2D eigenvalue weighted by Gasteiger charge is -2.08. The molecular weight excluding hydrogens is 273 g/mol. The monoisotopic (exact) mass is 279 g/mol. The number of hydrogen-bond acceptors (Lipinski definition) is 2. The Bertz CT molecular complexity index is 655. The summed E-state index contributed by atoms with van der Waals surface area (Å²) in [6.45, 7) is 0. The summed E-state index contributed by atoms with van der Waals surface area (Å²) in [6.07, 6.45) is 0. The molecule has 3 nitrogen and oxygen atoms in total. The molecule has 0 atom stereocenters. The third-order valence-electron chi connectivity index (χ3n) is 2.60. The largest absolute Gasteiger partial charge is 0.453 e. The van der Waals surface area contributed by atoms with Crippen molar-refractivity contribution in [2.45, 2.75) is 0 Å². The number of para-hydroxylation sites is 2. The number of halogens is 2. The fourth-order valence-corrected chi connectivity index (χ4v) is 2.32. The zero-order chi connectivity index (χ0) is 12.7. The standard InChI is InChI=1S/C13H7Cl2NO2/c14-7-5-8-12(9(15)6-7)18-11-4-2-1-3-10(11)16-13(8)17/h1-6H,(H,16,17). The fraction of sp³-hybridized carbons (Fsp3) is 0. The summed E-state index contributed by atoms with van der Waals surface area (Å²) in [4.78, 5) is 12.1. The highest BCUT2D eigenvalue weighted by Crippen LogP contribution is 2.40. The van der Waals surface area contributed by atoms with Gasteiger partial charge in [0, 0.05) is 5.02 Å². The van der Waals surface area contributed by atoms with Crippen LogP contribution < -0.4 is 10.1 Å². The van der Waals surface area contributed by atoms with Crippen molar-refractivity contribution < 1.29 is 9.53 Å². The average molecular weight is 280 g/mol. The van der Waals surface area contributed by atoms with Gasteiger partial charge in [-0.1, -0.05) is 35.3 Å². The van der Waals surface area contributed by atoms with Crippen LogP contribution in [0.4, 0.5) is 5.69 Å². The van der Waals surface area contributed by atoms with Gasteiger partial charge in [0.15, 0.2) is 11.5 Å². The maximum Gasteiger partial charge on any atom is 0.259 e. The first-order valence-corrected chi connectivity index (χ1v) is 5.98. The molecule has 1 heterocycles. The molecule has 0 aliphatic carbocycles. The van der Waals surface area contributed by atoms with Crippen LogP contribution in [0.5, 0.6) is 11.5 Å². The smallest absolute Gasteiger partial charge is 0.259 e. The second-order valence-electron chi connectivity index (χ2n) is 3.82. The van der Waals surface area contributed by atoms with Crippen molar-refractivity contribution in [1.29, 1.82) is 0 Å². The van der Waals surface area contributed by atoms with E-state index in [1.54, 1.807) is 18.2 Å². The van der Waals surface area contributed by atoms with Gasteiger partial charge in [0.25, 0.3) is 5.91 Å². The van der Waals surface area contributed by atoms with Crippen molar-refractivity contribution in [2.75, 3.05) is 5.32 Å². The van der Waals surface area contributed by atoms with E-state index in [2.05, 4.69) is 5.32 Å². The van der Waals surface area contributed by atoms with Crippen LogP contribution in [0.3, 0.4) is 0 Å². The van der Waals surface area contributed by atoms with E-state index in [4.69, 9.17) is 27.9 Å². The molecule has 3 rings (SSSR count). The normalized spacial score (nSPS) is 12.9. The lowest BCUT2D eigenvalue weighted by molar-refractivity contribution is 0.102. The highest BCUT2D eigenvalue weighted by atomic mass is 35.5. The number of ether oxygens (including phenoxy) is 1. The number of benzene rings is 2. The van der Waals surface area contributed by atoms with Gasteiger partial charge in [-0.2, -0.15) is 0 Å². The van der Waals surface area contributed by atoms with Crippen molar-refractivity contribution in [3.05, 3.63) is 52.0 Å². The molecule has 1 N–H and O–H groups in total. The molecule has 0 saturated heterocycles. The molecule has 0 unspecified atom stereocenters. The van der Waals surface area contributed by atoms with Gasteiger partial charge in [-0.25, -0.2) is 0 Å². The number of nitrogens with one attached hydrogen (secondary N) is 1. The van der Waals surface area contributed by atoms with Gasteiger partial charge in [-0.15, -0.1) is 0 Å². The Balaban J connectivity index is 2.23. The van der Waals surface area contributed by atoms with E-state index >= 15 is 0 Å². The van der Waals surface area contributed by atoms with Crippen LogP contribution in [0.2, 0.25) is 10.0 Å². The number of carbonyl (C=O) groups is 1. The molecule has 1 aliphatic heterocycles. The second kappa shape index (κ2) is 4.19. The number of hydrogen-bond donors (Lipinski definition) is 1. The lowest BCUT2D eigenvalue weighted by atomic mass is 10.2. The molecule has 0 spiro atoms. The fourth-order valence-electron chi connectivity index (χ4n) is 1.79. The summed E-state index contributed by atoms with van der Waals surface area (Å²) < 4.78 is 5.68. The van der Waals surface area contributed by atoms with Crippen LogP contribution in [0, 0.1) is 0 Å². The van der Waals surface area contributed by atoms with Gasteiger partial charge in [0.1, 0.15) is 0 Å². The molecule has 5 heteroatoms. The maximum atomic E-state index is 12.1. The van der Waals surface area contributed by atoms with Crippen molar-refractivity contribution in [1.82, 2.24) is 0 Å². The van der Waals surface area contributed by atoms with E-state index in [9.17, 15) is 4.79 Å². The van der Waals surface area contributed by atoms with Gasteiger partial charge in [0.05, 0.1) is 16.3 Å². The number of rotatable bonds is 0. The van der Waals surface area contributed by atoms with Gasteiger partial charge < -0.3 is 10.1 Å². The van der Waals surface area contributed by atoms with Gasteiger partial charge in [-0.05, 0) is 24.3 Å². The van der Waals surface area contributed by atoms with Gasteiger partial charge in [0.2, 0.25) is 0 Å². The summed E-state index contributed by atoms with van der Waals surface area (Å²) in [6, 6.07) is 10.2. The number of amides is 1. The Morgan fingerprint density at radius 3 is 2.72 bits per heavy atom. The molecule has 0 radical (unpaired) electrons. The predicted molar refractivity (Wildman–Crippen MR) is 70.9 cm³/mol. The predicted octanol–water partition coefficient (Wildman–Crippen LogP) is 4.35. The van der Waals surface area contributed by atoms with Crippen LogP contribution in [-0.4, -0.2) is 5.91 Å². The zero-order valence-electron chi connectivity index (χ0n) is 9.04. The van der Waals surface area contributed by atoms with E-state index < -0.39 is 0 Å². The molecule has 1 aliphatic rings. The molecule has 0 aromatic heterocycles. The Morgan fingerprint density at radius 2 is 1.89 bits per heavy atom. The van der Waals surface area contributed by atoms with Gasteiger partial charge in [-0.3, -0.25) is 4.79 Å². The molecule has 90 valence electrons. The number of carbonyl (C=O) groups excluding carboxylic acids is 1. The van der Waals surface area contributed by atoms with E-state index in [1.165, 1.54) is 6.07 Å². The lowest BCUT2D eigenvalue weighted by Crippen LogP contribution is -2.10. The molecule has 2 aromatic rings. The van der Waals surface area contributed by atoms with Crippen LogP contribution in [0.15, 0.2) is 36.4 Å². The van der Waals surface area contributed by atoms with E-state index in [-0.39, 0.29) is 5.91 Å². The van der Waals surface area contributed by atoms with Crippen LogP contribution in [-0.2, 0) is 0 Å². The van der Waals surface area contributed by atoms with Gasteiger partial charge >= 0.3 is 0 Å². The summed E-state index contributed by atoms with van der Waals surface area (Å²) >= 11 is 12.0. The molecule has 18 heavy (non-hydrogen) atoms. The Kier molecular flexibility index (Phi) is 2.65. The summed E-state index contributed by atoms with van der Waals surface area (Å²) in [7, 11) is 0. The molecule has 0 bridgehead atoms. The number of fused-ring (bicyclic) bond motifs is 2. The summed E-state index contributed by atoms with van der Waals surface area (Å²) in [5.41, 5.74) is 0.926. The first kappa shape index (κ1) is 11.4. The average Bonchev–Trinajstić information content (AvgIpc) is 2.47. The van der Waals surface area contributed by atoms with Crippen molar-refractivity contribution in [3.8, 4) is 11.5 Å². The molecule has 2 aromatic carbocycles. The Labute approximate surface area is 113 Å². The molecule has 1 amide bonds. The maximum absolute atomic E-state index is 12.1. The second-order valence-corrected chi connectivity index (χ2v) is 4.66. The Hall–Kier alpha value is -1.71. The molecule has 0 fully saturated rings. The zero-order valence-corrected chi connectivity index (χ0v) is 10.5. The third kappa shape index (κ3) is 1.82. The Morgan fingerprint density at radius 1 is 1.11 bits per heavy atom. The molecular formula is C13H7Cl2NO2. The summed E-state index contributed by atoms with van der Waals surface area (Å²) in [5, 5.41) is 3.45. The van der Waals surface area contributed by atoms with Crippen molar-refractivity contribution >= 4 is 34.8 Å².